The zero-order valence-electron chi connectivity index (χ0n) is 16.9. The average molecular weight is 441 g/mol. The van der Waals surface area contributed by atoms with Gasteiger partial charge in [-0.3, -0.25) is 14.2 Å². The predicted octanol–water partition coefficient (Wildman–Crippen LogP) is 3.94. The second kappa shape index (κ2) is 8.29. The van der Waals surface area contributed by atoms with Crippen LogP contribution in [0.5, 0.6) is 0 Å². The van der Waals surface area contributed by atoms with Crippen LogP contribution in [0.3, 0.4) is 0 Å². The standard InChI is InChI=1S/C22H18F3N5O2/c1-14-27-20-16(13-26-30(20)15-7-3-2-4-8-15)21(32)29(14)12-11-19(31)28-18-10-6-5-9-17(18)22(23,24)25/h2-10,13H,11-12H2,1H3,(H,28,31). The summed E-state index contributed by atoms with van der Waals surface area (Å²) in [4.78, 5) is 29.7. The van der Waals surface area contributed by atoms with E-state index < -0.39 is 17.6 Å². The van der Waals surface area contributed by atoms with E-state index >= 15 is 0 Å². The molecule has 0 spiro atoms. The van der Waals surface area contributed by atoms with Crippen LogP contribution in [0.1, 0.15) is 17.8 Å². The molecule has 1 N–H and O–H groups in total. The summed E-state index contributed by atoms with van der Waals surface area (Å²) < 4.78 is 42.2. The number of alkyl halides is 3. The maximum Gasteiger partial charge on any atom is 0.418 e. The van der Waals surface area contributed by atoms with Gasteiger partial charge in [0.1, 0.15) is 11.2 Å². The highest BCUT2D eigenvalue weighted by Gasteiger charge is 2.33. The number of aryl methyl sites for hydroxylation is 1. The molecule has 0 aliphatic heterocycles. The zero-order chi connectivity index (χ0) is 22.9. The molecule has 2 aromatic carbocycles. The van der Waals surface area contributed by atoms with E-state index in [1.807, 2.05) is 30.3 Å². The fourth-order valence-electron chi connectivity index (χ4n) is 3.39. The van der Waals surface area contributed by atoms with E-state index in [9.17, 15) is 22.8 Å². The van der Waals surface area contributed by atoms with Gasteiger partial charge in [-0.05, 0) is 31.2 Å². The van der Waals surface area contributed by atoms with Gasteiger partial charge in [0.25, 0.3) is 5.56 Å². The van der Waals surface area contributed by atoms with Gasteiger partial charge in [0, 0.05) is 13.0 Å². The number of nitrogens with zero attached hydrogens (tertiary/aromatic N) is 4. The number of para-hydroxylation sites is 2. The molecular weight excluding hydrogens is 423 g/mol. The Balaban J connectivity index is 1.56. The maximum absolute atomic E-state index is 13.1. The summed E-state index contributed by atoms with van der Waals surface area (Å²) in [6.45, 7) is 1.59. The quantitative estimate of drug-likeness (QED) is 0.509. The summed E-state index contributed by atoms with van der Waals surface area (Å²) in [7, 11) is 0. The molecule has 7 nitrogen and oxygen atoms in total. The molecule has 0 saturated heterocycles. The number of hydrogen-bond acceptors (Lipinski definition) is 4. The number of nitrogens with one attached hydrogen (secondary N) is 1. The molecule has 2 heterocycles. The lowest BCUT2D eigenvalue weighted by Crippen LogP contribution is -2.26. The van der Waals surface area contributed by atoms with Gasteiger partial charge >= 0.3 is 6.18 Å². The first-order valence-corrected chi connectivity index (χ1v) is 9.72. The van der Waals surface area contributed by atoms with Crippen molar-refractivity contribution in [2.75, 3.05) is 5.32 Å². The van der Waals surface area contributed by atoms with Crippen LogP contribution in [-0.4, -0.2) is 25.2 Å². The Labute approximate surface area is 180 Å². The van der Waals surface area contributed by atoms with Gasteiger partial charge < -0.3 is 5.32 Å². The van der Waals surface area contributed by atoms with Crippen molar-refractivity contribution >= 4 is 22.6 Å². The molecule has 4 rings (SSSR count). The van der Waals surface area contributed by atoms with Crippen LogP contribution < -0.4 is 10.9 Å². The molecule has 0 aliphatic rings. The summed E-state index contributed by atoms with van der Waals surface area (Å²) >= 11 is 0. The van der Waals surface area contributed by atoms with Crippen LogP contribution >= 0.6 is 0 Å². The molecule has 0 unspecified atom stereocenters. The predicted molar refractivity (Wildman–Crippen MR) is 113 cm³/mol. The first-order chi connectivity index (χ1) is 15.3. The van der Waals surface area contributed by atoms with Crippen LogP contribution in [0.25, 0.3) is 16.7 Å². The Morgan fingerprint density at radius 1 is 1.06 bits per heavy atom. The number of benzene rings is 2. The number of carbonyl (C=O) groups is 1. The zero-order valence-corrected chi connectivity index (χ0v) is 16.9. The Hall–Kier alpha value is -3.95. The van der Waals surface area contributed by atoms with Crippen molar-refractivity contribution in [1.82, 2.24) is 19.3 Å². The van der Waals surface area contributed by atoms with Gasteiger partial charge in [-0.25, -0.2) is 9.67 Å². The third-order valence-electron chi connectivity index (χ3n) is 4.95. The van der Waals surface area contributed by atoms with Gasteiger partial charge in [-0.2, -0.15) is 18.3 Å². The Morgan fingerprint density at radius 2 is 1.75 bits per heavy atom. The molecule has 0 bridgehead atoms. The lowest BCUT2D eigenvalue weighted by molar-refractivity contribution is -0.137. The lowest BCUT2D eigenvalue weighted by atomic mass is 10.1. The second-order valence-electron chi connectivity index (χ2n) is 7.09. The van der Waals surface area contributed by atoms with E-state index in [4.69, 9.17) is 0 Å². The highest BCUT2D eigenvalue weighted by atomic mass is 19.4. The van der Waals surface area contributed by atoms with Gasteiger partial charge in [-0.1, -0.05) is 30.3 Å². The minimum Gasteiger partial charge on any atom is -0.325 e. The Morgan fingerprint density at radius 3 is 2.47 bits per heavy atom. The minimum absolute atomic E-state index is 0.0376. The summed E-state index contributed by atoms with van der Waals surface area (Å²) in [5.74, 6) is -0.281. The van der Waals surface area contributed by atoms with E-state index in [0.29, 0.717) is 11.5 Å². The van der Waals surface area contributed by atoms with Crippen LogP contribution in [-0.2, 0) is 17.5 Å². The monoisotopic (exact) mass is 441 g/mol. The van der Waals surface area contributed by atoms with Crippen LogP contribution in [0.2, 0.25) is 0 Å². The van der Waals surface area contributed by atoms with Crippen molar-refractivity contribution in [3.63, 3.8) is 0 Å². The largest absolute Gasteiger partial charge is 0.418 e. The smallest absolute Gasteiger partial charge is 0.325 e. The van der Waals surface area contributed by atoms with Crippen LogP contribution in [0, 0.1) is 6.92 Å². The second-order valence-corrected chi connectivity index (χ2v) is 7.09. The molecule has 4 aromatic rings. The van der Waals surface area contributed by atoms with Gasteiger partial charge in [-0.15, -0.1) is 0 Å². The average Bonchev–Trinajstić information content (AvgIpc) is 3.17. The van der Waals surface area contributed by atoms with Crippen LogP contribution in [0.4, 0.5) is 18.9 Å². The molecule has 2 aromatic heterocycles. The molecule has 0 aliphatic carbocycles. The van der Waals surface area contributed by atoms with Gasteiger partial charge in [0.15, 0.2) is 5.65 Å². The number of halogens is 3. The summed E-state index contributed by atoms with van der Waals surface area (Å²) in [5, 5.41) is 6.81. The highest BCUT2D eigenvalue weighted by molar-refractivity contribution is 5.91. The van der Waals surface area contributed by atoms with Crippen molar-refractivity contribution < 1.29 is 18.0 Å². The molecule has 0 fully saturated rings. The lowest BCUT2D eigenvalue weighted by Gasteiger charge is -2.14. The van der Waals surface area contributed by atoms with E-state index in [1.165, 1.54) is 29.0 Å². The number of rotatable bonds is 5. The summed E-state index contributed by atoms with van der Waals surface area (Å²) in [6, 6.07) is 13.9. The molecular formula is C22H18F3N5O2. The van der Waals surface area contributed by atoms with Crippen molar-refractivity contribution in [1.29, 1.82) is 0 Å². The molecule has 164 valence electrons. The van der Waals surface area contributed by atoms with Gasteiger partial charge in [0.2, 0.25) is 5.91 Å². The number of aromatic nitrogens is 4. The van der Waals surface area contributed by atoms with Crippen LogP contribution in [0.15, 0.2) is 65.6 Å². The Bertz CT molecular complexity index is 1340. The molecule has 10 heteroatoms. The van der Waals surface area contributed by atoms with Crippen molar-refractivity contribution in [2.24, 2.45) is 0 Å². The molecule has 0 radical (unpaired) electrons. The fraction of sp³-hybridized carbons (Fsp3) is 0.182. The fourth-order valence-corrected chi connectivity index (χ4v) is 3.39. The van der Waals surface area contributed by atoms with Crippen molar-refractivity contribution in [2.45, 2.75) is 26.1 Å². The number of anilines is 1. The third kappa shape index (κ3) is 4.11. The SMILES string of the molecule is Cc1nc2c(cnn2-c2ccccc2)c(=O)n1CCC(=O)Nc1ccccc1C(F)(F)F. The topological polar surface area (TPSA) is 81.8 Å². The van der Waals surface area contributed by atoms with E-state index in [0.717, 1.165) is 11.8 Å². The molecule has 32 heavy (non-hydrogen) atoms. The van der Waals surface area contributed by atoms with Crippen molar-refractivity contribution in [3.8, 4) is 5.69 Å². The normalized spacial score (nSPS) is 11.6. The number of amides is 1. The maximum atomic E-state index is 13.1. The van der Waals surface area contributed by atoms with Crippen molar-refractivity contribution in [3.05, 3.63) is 82.5 Å². The van der Waals surface area contributed by atoms with E-state index in [-0.39, 0.29) is 29.6 Å². The third-order valence-corrected chi connectivity index (χ3v) is 4.95. The summed E-state index contributed by atoms with van der Waals surface area (Å²) in [6.07, 6.45) is -3.38. The first kappa shape index (κ1) is 21.3. The van der Waals surface area contributed by atoms with E-state index in [1.54, 1.807) is 11.6 Å². The number of carbonyl (C=O) groups excluding carboxylic acids is 1. The molecule has 0 saturated carbocycles. The molecule has 1 amide bonds. The Kier molecular flexibility index (Phi) is 5.52. The van der Waals surface area contributed by atoms with E-state index in [2.05, 4.69) is 15.4 Å². The highest BCUT2D eigenvalue weighted by Crippen LogP contribution is 2.34. The summed E-state index contributed by atoms with van der Waals surface area (Å²) in [5.41, 5.74) is -0.504. The first-order valence-electron chi connectivity index (χ1n) is 9.72. The number of fused-ring (bicyclic) bond motifs is 1. The minimum atomic E-state index is -4.59. The molecule has 0 atom stereocenters. The van der Waals surface area contributed by atoms with Gasteiger partial charge in [0.05, 0.1) is 23.1 Å². The number of hydrogen-bond donors (Lipinski definition) is 1.